The summed E-state index contributed by atoms with van der Waals surface area (Å²) in [4.78, 5) is 16.4. The van der Waals surface area contributed by atoms with E-state index in [0.717, 1.165) is 11.3 Å². The molecule has 2 aromatic heterocycles. The lowest BCUT2D eigenvalue weighted by Gasteiger charge is -2.13. The highest BCUT2D eigenvalue weighted by Crippen LogP contribution is 2.21. The van der Waals surface area contributed by atoms with Gasteiger partial charge in [0, 0.05) is 30.9 Å². The summed E-state index contributed by atoms with van der Waals surface area (Å²) in [6.07, 6.45) is 3.76. The van der Waals surface area contributed by atoms with E-state index in [1.807, 2.05) is 16.7 Å². The molecule has 1 amide bonds. The van der Waals surface area contributed by atoms with Crippen LogP contribution < -0.4 is 11.1 Å². The van der Waals surface area contributed by atoms with Gasteiger partial charge in [-0.1, -0.05) is 20.8 Å². The van der Waals surface area contributed by atoms with E-state index in [-0.39, 0.29) is 11.3 Å². The van der Waals surface area contributed by atoms with Gasteiger partial charge in [-0.05, 0) is 12.1 Å². The molecule has 5 heteroatoms. The molecule has 102 valence electrons. The van der Waals surface area contributed by atoms with E-state index in [1.54, 1.807) is 12.3 Å². The summed E-state index contributed by atoms with van der Waals surface area (Å²) in [5.74, 6) is -0.113. The van der Waals surface area contributed by atoms with Crippen LogP contribution in [0.3, 0.4) is 0 Å². The number of hydrogen-bond donors (Lipinski definition) is 2. The van der Waals surface area contributed by atoms with Crippen LogP contribution in [0, 0.1) is 0 Å². The molecule has 0 aliphatic rings. The van der Waals surface area contributed by atoms with Crippen molar-refractivity contribution in [1.82, 2.24) is 14.7 Å². The fourth-order valence-electron chi connectivity index (χ4n) is 1.78. The predicted molar refractivity (Wildman–Crippen MR) is 75.3 cm³/mol. The molecule has 0 saturated carbocycles. The molecule has 19 heavy (non-hydrogen) atoms. The zero-order valence-electron chi connectivity index (χ0n) is 11.6. The van der Waals surface area contributed by atoms with Crippen LogP contribution in [-0.2, 0) is 5.41 Å². The van der Waals surface area contributed by atoms with E-state index in [1.165, 1.54) is 0 Å². The number of nitrogens with two attached hydrogens (primary N) is 1. The number of fused-ring (bicyclic) bond motifs is 1. The molecule has 2 aromatic rings. The number of nitrogens with one attached hydrogen (secondary N) is 1. The predicted octanol–water partition coefficient (Wildman–Crippen LogP) is 1.32. The minimum absolute atomic E-state index is 0.00596. The summed E-state index contributed by atoms with van der Waals surface area (Å²) in [7, 11) is 0. The van der Waals surface area contributed by atoms with Crippen LogP contribution >= 0.6 is 0 Å². The standard InChI is InChI=1S/C14H20N4O/c1-14(2,3)11-9-18-8-10(4-5-12(18)17-11)13(19)16-7-6-15/h4-5,8-9H,6-7,15H2,1-3H3,(H,16,19). The Morgan fingerprint density at radius 1 is 1.37 bits per heavy atom. The van der Waals surface area contributed by atoms with Gasteiger partial charge in [0.05, 0.1) is 11.3 Å². The summed E-state index contributed by atoms with van der Waals surface area (Å²) in [5, 5.41) is 2.75. The lowest BCUT2D eigenvalue weighted by atomic mass is 9.93. The number of imidazole rings is 1. The average molecular weight is 260 g/mol. The smallest absolute Gasteiger partial charge is 0.252 e. The normalized spacial score (nSPS) is 11.8. The van der Waals surface area contributed by atoms with Crippen LogP contribution in [0.1, 0.15) is 36.8 Å². The highest BCUT2D eigenvalue weighted by atomic mass is 16.1. The first-order valence-corrected chi connectivity index (χ1v) is 6.39. The number of nitrogens with zero attached hydrogens (tertiary/aromatic N) is 2. The number of hydrogen-bond acceptors (Lipinski definition) is 3. The van der Waals surface area contributed by atoms with E-state index in [2.05, 4.69) is 31.1 Å². The van der Waals surface area contributed by atoms with Crippen LogP contribution in [0.5, 0.6) is 0 Å². The first-order chi connectivity index (χ1) is 8.91. The Kier molecular flexibility index (Phi) is 3.57. The number of aromatic nitrogens is 2. The van der Waals surface area contributed by atoms with Gasteiger partial charge in [-0.15, -0.1) is 0 Å². The molecule has 0 fully saturated rings. The molecule has 2 rings (SSSR count). The quantitative estimate of drug-likeness (QED) is 0.874. The fourth-order valence-corrected chi connectivity index (χ4v) is 1.78. The van der Waals surface area contributed by atoms with E-state index < -0.39 is 0 Å². The first-order valence-electron chi connectivity index (χ1n) is 6.39. The van der Waals surface area contributed by atoms with Gasteiger partial charge in [-0.3, -0.25) is 4.79 Å². The summed E-state index contributed by atoms with van der Waals surface area (Å²) in [6, 6.07) is 3.63. The Morgan fingerprint density at radius 3 is 2.74 bits per heavy atom. The van der Waals surface area contributed by atoms with E-state index >= 15 is 0 Å². The molecule has 0 aliphatic carbocycles. The molecule has 0 unspecified atom stereocenters. The second kappa shape index (κ2) is 5.01. The lowest BCUT2D eigenvalue weighted by molar-refractivity contribution is 0.0954. The van der Waals surface area contributed by atoms with Gasteiger partial charge in [0.15, 0.2) is 0 Å². The van der Waals surface area contributed by atoms with Crippen molar-refractivity contribution in [2.75, 3.05) is 13.1 Å². The minimum Gasteiger partial charge on any atom is -0.351 e. The van der Waals surface area contributed by atoms with Gasteiger partial charge in [-0.25, -0.2) is 4.98 Å². The zero-order valence-corrected chi connectivity index (χ0v) is 11.6. The highest BCUT2D eigenvalue weighted by molar-refractivity contribution is 5.94. The third-order valence-corrected chi connectivity index (χ3v) is 2.91. The van der Waals surface area contributed by atoms with Crippen molar-refractivity contribution in [2.24, 2.45) is 5.73 Å². The van der Waals surface area contributed by atoms with Crippen LogP contribution in [0.2, 0.25) is 0 Å². The Balaban J connectivity index is 2.33. The van der Waals surface area contributed by atoms with Crippen molar-refractivity contribution in [3.8, 4) is 0 Å². The Bertz CT molecular complexity index is 595. The second-order valence-corrected chi connectivity index (χ2v) is 5.60. The molecular formula is C14H20N4O. The van der Waals surface area contributed by atoms with Gasteiger partial charge in [0.1, 0.15) is 5.65 Å². The molecule has 0 aliphatic heterocycles. The maximum atomic E-state index is 11.9. The third-order valence-electron chi connectivity index (χ3n) is 2.91. The average Bonchev–Trinajstić information content (AvgIpc) is 2.78. The molecule has 3 N–H and O–H groups in total. The van der Waals surface area contributed by atoms with E-state index in [0.29, 0.717) is 18.7 Å². The lowest BCUT2D eigenvalue weighted by Crippen LogP contribution is -2.29. The van der Waals surface area contributed by atoms with Crippen molar-refractivity contribution in [1.29, 1.82) is 0 Å². The second-order valence-electron chi connectivity index (χ2n) is 5.60. The molecule has 0 radical (unpaired) electrons. The SMILES string of the molecule is CC(C)(C)c1cn2cc(C(=O)NCCN)ccc2n1. The molecule has 0 saturated heterocycles. The van der Waals surface area contributed by atoms with Gasteiger partial charge < -0.3 is 15.5 Å². The van der Waals surface area contributed by atoms with Gasteiger partial charge in [0.25, 0.3) is 5.91 Å². The number of carbonyl (C=O) groups is 1. The van der Waals surface area contributed by atoms with Crippen molar-refractivity contribution >= 4 is 11.6 Å². The Labute approximate surface area is 112 Å². The topological polar surface area (TPSA) is 72.4 Å². The van der Waals surface area contributed by atoms with Crippen molar-refractivity contribution in [3.05, 3.63) is 35.8 Å². The van der Waals surface area contributed by atoms with Gasteiger partial charge in [0.2, 0.25) is 0 Å². The summed E-state index contributed by atoms with van der Waals surface area (Å²) in [5.41, 5.74) is 7.82. The largest absolute Gasteiger partial charge is 0.351 e. The van der Waals surface area contributed by atoms with E-state index in [9.17, 15) is 4.79 Å². The zero-order chi connectivity index (χ0) is 14.0. The third kappa shape index (κ3) is 2.93. The minimum atomic E-state index is -0.113. The number of pyridine rings is 1. The van der Waals surface area contributed by atoms with Crippen molar-refractivity contribution in [2.45, 2.75) is 26.2 Å². The maximum absolute atomic E-state index is 11.9. The van der Waals surface area contributed by atoms with E-state index in [4.69, 9.17) is 5.73 Å². The Morgan fingerprint density at radius 2 is 2.11 bits per heavy atom. The fraction of sp³-hybridized carbons (Fsp3) is 0.429. The molecular weight excluding hydrogens is 240 g/mol. The highest BCUT2D eigenvalue weighted by Gasteiger charge is 2.17. The Hall–Kier alpha value is -1.88. The van der Waals surface area contributed by atoms with Crippen LogP contribution in [0.25, 0.3) is 5.65 Å². The van der Waals surface area contributed by atoms with Crippen LogP contribution in [-0.4, -0.2) is 28.4 Å². The molecule has 2 heterocycles. The van der Waals surface area contributed by atoms with Crippen molar-refractivity contribution in [3.63, 3.8) is 0 Å². The number of amides is 1. The molecule has 0 aromatic carbocycles. The van der Waals surface area contributed by atoms with Gasteiger partial charge in [-0.2, -0.15) is 0 Å². The van der Waals surface area contributed by atoms with Crippen molar-refractivity contribution < 1.29 is 4.79 Å². The molecule has 0 atom stereocenters. The molecule has 0 spiro atoms. The van der Waals surface area contributed by atoms with Gasteiger partial charge >= 0.3 is 0 Å². The molecule has 0 bridgehead atoms. The summed E-state index contributed by atoms with van der Waals surface area (Å²) >= 11 is 0. The number of carbonyl (C=O) groups excluding carboxylic acids is 1. The van der Waals surface area contributed by atoms with Crippen LogP contribution in [0.15, 0.2) is 24.5 Å². The van der Waals surface area contributed by atoms with Crippen LogP contribution in [0.4, 0.5) is 0 Å². The number of rotatable bonds is 3. The molecule has 5 nitrogen and oxygen atoms in total. The maximum Gasteiger partial charge on any atom is 0.252 e. The monoisotopic (exact) mass is 260 g/mol. The summed E-state index contributed by atoms with van der Waals surface area (Å²) in [6.45, 7) is 7.26. The first kappa shape index (κ1) is 13.5. The summed E-state index contributed by atoms with van der Waals surface area (Å²) < 4.78 is 1.89.